The molecule has 2 atom stereocenters. The zero-order valence-corrected chi connectivity index (χ0v) is 13.7. The fourth-order valence-electron chi connectivity index (χ4n) is 2.96. The van der Waals surface area contributed by atoms with Crippen LogP contribution in [0.5, 0.6) is 0 Å². The monoisotopic (exact) mass is 321 g/mol. The highest BCUT2D eigenvalue weighted by Crippen LogP contribution is 2.43. The maximum absolute atomic E-state index is 12.7. The first kappa shape index (κ1) is 17.3. The van der Waals surface area contributed by atoms with Gasteiger partial charge in [0.2, 0.25) is 0 Å². The highest BCUT2D eigenvalue weighted by Gasteiger charge is 2.55. The summed E-state index contributed by atoms with van der Waals surface area (Å²) in [6.45, 7) is 4.52. The van der Waals surface area contributed by atoms with E-state index >= 15 is 0 Å². The molecule has 1 aliphatic heterocycles. The Morgan fingerprint density at radius 3 is 2.39 bits per heavy atom. The summed E-state index contributed by atoms with van der Waals surface area (Å²) in [5, 5.41) is 19.4. The first-order chi connectivity index (χ1) is 10.7. The van der Waals surface area contributed by atoms with E-state index in [-0.39, 0.29) is 6.42 Å². The van der Waals surface area contributed by atoms with Gasteiger partial charge in [0.1, 0.15) is 5.60 Å². The number of benzene rings is 1. The molecule has 0 bridgehead atoms. The van der Waals surface area contributed by atoms with Crippen LogP contribution in [0, 0.1) is 0 Å². The normalized spacial score (nSPS) is 24.5. The average Bonchev–Trinajstić information content (AvgIpc) is 2.87. The van der Waals surface area contributed by atoms with Gasteiger partial charge in [0.15, 0.2) is 5.54 Å². The smallest absolute Gasteiger partial charge is 0.411 e. The SMILES string of the molecule is CC(C)(C)OC(=O)N1[C@H](c2ccccc2)CC[C@]1(CO)C(=O)O. The second-order valence-corrected chi connectivity index (χ2v) is 6.81. The summed E-state index contributed by atoms with van der Waals surface area (Å²) < 4.78 is 5.39. The topological polar surface area (TPSA) is 87.1 Å². The van der Waals surface area contributed by atoms with Crippen molar-refractivity contribution in [3.8, 4) is 0 Å². The minimum absolute atomic E-state index is 0.178. The van der Waals surface area contributed by atoms with Crippen LogP contribution < -0.4 is 0 Å². The van der Waals surface area contributed by atoms with Crippen LogP contribution in [0.3, 0.4) is 0 Å². The number of carboxylic acid groups (broad SMARTS) is 1. The molecule has 0 saturated carbocycles. The molecule has 2 rings (SSSR count). The number of carbonyl (C=O) groups excluding carboxylic acids is 1. The van der Waals surface area contributed by atoms with E-state index in [0.29, 0.717) is 6.42 Å². The molecule has 126 valence electrons. The molecular formula is C17H23NO5. The highest BCUT2D eigenvalue weighted by molar-refractivity contribution is 5.86. The molecule has 1 fully saturated rings. The van der Waals surface area contributed by atoms with Crippen molar-refractivity contribution < 1.29 is 24.5 Å². The lowest BCUT2D eigenvalue weighted by Gasteiger charge is -2.37. The van der Waals surface area contributed by atoms with E-state index in [4.69, 9.17) is 4.74 Å². The highest BCUT2D eigenvalue weighted by atomic mass is 16.6. The Kier molecular flexibility index (Phi) is 4.66. The van der Waals surface area contributed by atoms with E-state index in [1.165, 1.54) is 4.90 Å². The van der Waals surface area contributed by atoms with Gasteiger partial charge in [0.05, 0.1) is 12.6 Å². The van der Waals surface area contributed by atoms with Gasteiger partial charge in [0, 0.05) is 0 Å². The van der Waals surface area contributed by atoms with Crippen molar-refractivity contribution in [1.29, 1.82) is 0 Å². The van der Waals surface area contributed by atoms with Gasteiger partial charge in [-0.25, -0.2) is 9.59 Å². The molecular weight excluding hydrogens is 298 g/mol. The van der Waals surface area contributed by atoms with E-state index < -0.39 is 35.9 Å². The zero-order chi connectivity index (χ0) is 17.3. The zero-order valence-electron chi connectivity index (χ0n) is 13.7. The number of likely N-dealkylation sites (tertiary alicyclic amines) is 1. The summed E-state index contributed by atoms with van der Waals surface area (Å²) in [6, 6.07) is 8.78. The Morgan fingerprint density at radius 1 is 1.30 bits per heavy atom. The molecule has 0 unspecified atom stereocenters. The van der Waals surface area contributed by atoms with E-state index in [0.717, 1.165) is 5.56 Å². The van der Waals surface area contributed by atoms with Gasteiger partial charge < -0.3 is 14.9 Å². The molecule has 2 N–H and O–H groups in total. The standard InChI is InChI=1S/C17H23NO5/c1-16(2,3)23-15(22)18-13(12-7-5-4-6-8-12)9-10-17(18,11-19)14(20)21/h4-8,13,19H,9-11H2,1-3H3,(H,20,21)/t13-,17-/m0/s1. The lowest BCUT2D eigenvalue weighted by molar-refractivity contribution is -0.153. The maximum atomic E-state index is 12.7. The molecule has 1 aromatic rings. The maximum Gasteiger partial charge on any atom is 0.411 e. The number of hydrogen-bond donors (Lipinski definition) is 2. The molecule has 0 spiro atoms. The predicted molar refractivity (Wildman–Crippen MR) is 83.9 cm³/mol. The fourth-order valence-corrected chi connectivity index (χ4v) is 2.96. The number of rotatable bonds is 3. The van der Waals surface area contributed by atoms with Gasteiger partial charge in [-0.2, -0.15) is 0 Å². The van der Waals surface area contributed by atoms with Crippen LogP contribution in [0.25, 0.3) is 0 Å². The quantitative estimate of drug-likeness (QED) is 0.893. The number of aliphatic hydroxyl groups excluding tert-OH is 1. The van der Waals surface area contributed by atoms with Crippen molar-refractivity contribution in [3.05, 3.63) is 35.9 Å². The third kappa shape index (κ3) is 3.32. The third-order valence-corrected chi connectivity index (χ3v) is 4.04. The van der Waals surface area contributed by atoms with Crippen molar-refractivity contribution in [2.75, 3.05) is 6.61 Å². The minimum atomic E-state index is -1.65. The Morgan fingerprint density at radius 2 is 1.91 bits per heavy atom. The van der Waals surface area contributed by atoms with E-state index in [1.54, 1.807) is 20.8 Å². The van der Waals surface area contributed by atoms with Gasteiger partial charge in [0.25, 0.3) is 0 Å². The molecule has 6 heteroatoms. The number of aliphatic hydroxyl groups is 1. The first-order valence-corrected chi connectivity index (χ1v) is 7.63. The lowest BCUT2D eigenvalue weighted by Crippen LogP contribution is -2.57. The molecule has 0 radical (unpaired) electrons. The molecule has 1 heterocycles. The Bertz CT molecular complexity index is 580. The summed E-state index contributed by atoms with van der Waals surface area (Å²) in [4.78, 5) is 25.6. The van der Waals surface area contributed by atoms with Crippen LogP contribution in [0.2, 0.25) is 0 Å². The van der Waals surface area contributed by atoms with Gasteiger partial charge in [-0.3, -0.25) is 4.90 Å². The number of aliphatic carboxylic acids is 1. The van der Waals surface area contributed by atoms with Crippen molar-refractivity contribution in [2.45, 2.75) is 50.8 Å². The minimum Gasteiger partial charge on any atom is -0.479 e. The van der Waals surface area contributed by atoms with Crippen LogP contribution in [0.4, 0.5) is 4.79 Å². The van der Waals surface area contributed by atoms with Crippen molar-refractivity contribution >= 4 is 12.1 Å². The van der Waals surface area contributed by atoms with Crippen LogP contribution in [-0.2, 0) is 9.53 Å². The van der Waals surface area contributed by atoms with Gasteiger partial charge in [-0.05, 0) is 39.2 Å². The largest absolute Gasteiger partial charge is 0.479 e. The second kappa shape index (κ2) is 6.20. The number of ether oxygens (including phenoxy) is 1. The molecule has 1 aromatic carbocycles. The van der Waals surface area contributed by atoms with Crippen molar-refractivity contribution in [3.63, 3.8) is 0 Å². The van der Waals surface area contributed by atoms with E-state index in [2.05, 4.69) is 0 Å². The van der Waals surface area contributed by atoms with E-state index in [1.807, 2.05) is 30.3 Å². The molecule has 0 aromatic heterocycles. The van der Waals surface area contributed by atoms with E-state index in [9.17, 15) is 19.8 Å². The second-order valence-electron chi connectivity index (χ2n) is 6.81. The fraction of sp³-hybridized carbons (Fsp3) is 0.529. The van der Waals surface area contributed by atoms with Crippen LogP contribution in [0.1, 0.15) is 45.2 Å². The summed E-state index contributed by atoms with van der Waals surface area (Å²) >= 11 is 0. The molecule has 1 saturated heterocycles. The van der Waals surface area contributed by atoms with Crippen LogP contribution in [0.15, 0.2) is 30.3 Å². The molecule has 1 aliphatic rings. The molecule has 1 amide bonds. The third-order valence-electron chi connectivity index (χ3n) is 4.04. The number of carboxylic acids is 1. The summed E-state index contributed by atoms with van der Waals surface area (Å²) in [5.74, 6) is -1.22. The summed E-state index contributed by atoms with van der Waals surface area (Å²) in [6.07, 6.45) is -0.0892. The van der Waals surface area contributed by atoms with Crippen molar-refractivity contribution in [1.82, 2.24) is 4.90 Å². The Hall–Kier alpha value is -2.08. The molecule has 6 nitrogen and oxygen atoms in total. The Labute approximate surface area is 135 Å². The summed E-state index contributed by atoms with van der Waals surface area (Å²) in [5.41, 5.74) is -1.57. The number of carbonyl (C=O) groups is 2. The number of amides is 1. The lowest BCUT2D eigenvalue weighted by atomic mass is 9.98. The van der Waals surface area contributed by atoms with Crippen LogP contribution >= 0.6 is 0 Å². The first-order valence-electron chi connectivity index (χ1n) is 7.63. The molecule has 23 heavy (non-hydrogen) atoms. The number of hydrogen-bond acceptors (Lipinski definition) is 4. The Balaban J connectivity index is 2.44. The van der Waals surface area contributed by atoms with Crippen LogP contribution in [-0.4, -0.2) is 44.9 Å². The predicted octanol–water partition coefficient (Wildman–Crippen LogP) is 2.57. The van der Waals surface area contributed by atoms with Crippen molar-refractivity contribution in [2.24, 2.45) is 0 Å². The molecule has 0 aliphatic carbocycles. The average molecular weight is 321 g/mol. The summed E-state index contributed by atoms with van der Waals surface area (Å²) in [7, 11) is 0. The van der Waals surface area contributed by atoms with Gasteiger partial charge >= 0.3 is 12.1 Å². The van der Waals surface area contributed by atoms with Gasteiger partial charge in [-0.1, -0.05) is 30.3 Å². The number of nitrogens with zero attached hydrogens (tertiary/aromatic N) is 1. The van der Waals surface area contributed by atoms with Gasteiger partial charge in [-0.15, -0.1) is 0 Å².